The first-order valence-corrected chi connectivity index (χ1v) is 7.24. The monoisotopic (exact) mass is 297 g/mol. The molecule has 2 aliphatic rings. The van der Waals surface area contributed by atoms with E-state index in [4.69, 9.17) is 9.47 Å². The van der Waals surface area contributed by atoms with Gasteiger partial charge in [0.25, 0.3) is 5.91 Å². The number of pyridine rings is 1. The Balaban J connectivity index is 1.73. The quantitative estimate of drug-likeness (QED) is 0.843. The molecule has 2 N–H and O–H groups in total. The average Bonchev–Trinajstić information content (AvgIpc) is 2.80. The number of amides is 1. The summed E-state index contributed by atoms with van der Waals surface area (Å²) in [5.74, 6) is 1.80. The van der Waals surface area contributed by atoms with Crippen LogP contribution in [0.4, 0.5) is 5.82 Å². The molecule has 2 aromatic rings. The maximum Gasteiger partial charge on any atom is 0.256 e. The highest BCUT2D eigenvalue weighted by molar-refractivity contribution is 6.00. The minimum absolute atomic E-state index is 0.154. The molecule has 0 fully saturated rings. The minimum atomic E-state index is -0.397. The number of ether oxygens (including phenoxy) is 2. The fraction of sp³-hybridized carbons (Fsp3) is 0.250. The van der Waals surface area contributed by atoms with Crippen molar-refractivity contribution in [3.05, 3.63) is 47.7 Å². The third-order valence-corrected chi connectivity index (χ3v) is 3.72. The van der Waals surface area contributed by atoms with Crippen LogP contribution in [0.1, 0.15) is 28.5 Å². The molecule has 4 rings (SSSR count). The molecule has 2 aliphatic heterocycles. The molecular weight excluding hydrogens is 282 g/mol. The van der Waals surface area contributed by atoms with Gasteiger partial charge >= 0.3 is 0 Å². The van der Waals surface area contributed by atoms with Crippen molar-refractivity contribution in [3.63, 3.8) is 0 Å². The number of benzene rings is 1. The van der Waals surface area contributed by atoms with E-state index in [-0.39, 0.29) is 5.91 Å². The molecule has 0 radical (unpaired) electrons. The molecule has 0 saturated heterocycles. The highest BCUT2D eigenvalue weighted by atomic mass is 16.5. The number of fused-ring (bicyclic) bond motifs is 2. The van der Waals surface area contributed by atoms with Crippen LogP contribution < -0.4 is 20.1 Å². The molecule has 0 saturated carbocycles. The number of aromatic nitrogens is 1. The number of hydrogen-bond donors (Lipinski definition) is 2. The Labute approximate surface area is 127 Å². The lowest BCUT2D eigenvalue weighted by Crippen LogP contribution is -2.39. The lowest BCUT2D eigenvalue weighted by atomic mass is 10.1. The molecule has 1 aromatic heterocycles. The summed E-state index contributed by atoms with van der Waals surface area (Å²) in [4.78, 5) is 16.5. The lowest BCUT2D eigenvalue weighted by molar-refractivity contribution is 0.0934. The standard InChI is InChI=1S/C16H15N3O3/c20-16-11-5-2-7-17-14(11)18-15(19-16)10-4-1-6-12-13(10)22-9-3-8-21-12/h1-2,4-7,15H,3,8-9H2,(H,17,18)(H,19,20)/t15-/m0/s1. The van der Waals surface area contributed by atoms with E-state index in [1.54, 1.807) is 18.3 Å². The third-order valence-electron chi connectivity index (χ3n) is 3.72. The van der Waals surface area contributed by atoms with Crippen LogP contribution >= 0.6 is 0 Å². The van der Waals surface area contributed by atoms with E-state index >= 15 is 0 Å². The molecule has 0 bridgehead atoms. The van der Waals surface area contributed by atoms with E-state index in [2.05, 4.69) is 15.6 Å². The Hall–Kier alpha value is -2.76. The van der Waals surface area contributed by atoms with Crippen LogP contribution in [-0.2, 0) is 0 Å². The van der Waals surface area contributed by atoms with E-state index in [9.17, 15) is 4.79 Å². The van der Waals surface area contributed by atoms with Gasteiger partial charge in [0.1, 0.15) is 12.0 Å². The summed E-state index contributed by atoms with van der Waals surface area (Å²) >= 11 is 0. The van der Waals surface area contributed by atoms with Gasteiger partial charge in [0.05, 0.1) is 18.8 Å². The largest absolute Gasteiger partial charge is 0.490 e. The first-order valence-electron chi connectivity index (χ1n) is 7.24. The van der Waals surface area contributed by atoms with Crippen molar-refractivity contribution in [2.45, 2.75) is 12.6 Å². The first kappa shape index (κ1) is 12.9. The summed E-state index contributed by atoms with van der Waals surface area (Å²) in [7, 11) is 0. The topological polar surface area (TPSA) is 72.5 Å². The predicted molar refractivity (Wildman–Crippen MR) is 80.1 cm³/mol. The van der Waals surface area contributed by atoms with Gasteiger partial charge in [0.15, 0.2) is 11.5 Å². The first-order chi connectivity index (χ1) is 10.8. The lowest BCUT2D eigenvalue weighted by Gasteiger charge is -2.28. The number of para-hydroxylation sites is 1. The second kappa shape index (κ2) is 5.22. The zero-order valence-corrected chi connectivity index (χ0v) is 11.8. The molecule has 22 heavy (non-hydrogen) atoms. The molecule has 0 spiro atoms. The zero-order valence-electron chi connectivity index (χ0n) is 11.8. The average molecular weight is 297 g/mol. The Morgan fingerprint density at radius 1 is 1.09 bits per heavy atom. The van der Waals surface area contributed by atoms with Crippen LogP contribution in [-0.4, -0.2) is 24.1 Å². The van der Waals surface area contributed by atoms with Crippen LogP contribution in [0.15, 0.2) is 36.5 Å². The zero-order chi connectivity index (χ0) is 14.9. The molecule has 6 nitrogen and oxygen atoms in total. The van der Waals surface area contributed by atoms with Crippen molar-refractivity contribution in [2.75, 3.05) is 18.5 Å². The molecule has 3 heterocycles. The van der Waals surface area contributed by atoms with Gasteiger partial charge in [-0.15, -0.1) is 0 Å². The van der Waals surface area contributed by atoms with E-state index in [1.807, 2.05) is 18.2 Å². The summed E-state index contributed by atoms with van der Waals surface area (Å²) in [6.07, 6.45) is 2.10. The predicted octanol–water partition coefficient (Wildman–Crippen LogP) is 2.10. The number of rotatable bonds is 1. The van der Waals surface area contributed by atoms with Gasteiger partial charge in [-0.25, -0.2) is 4.98 Å². The fourth-order valence-corrected chi connectivity index (χ4v) is 2.68. The Bertz CT molecular complexity index is 732. The van der Waals surface area contributed by atoms with Crippen LogP contribution in [0.2, 0.25) is 0 Å². The molecule has 0 aliphatic carbocycles. The van der Waals surface area contributed by atoms with E-state index in [0.29, 0.717) is 36.1 Å². The van der Waals surface area contributed by atoms with E-state index in [0.717, 1.165) is 12.0 Å². The summed E-state index contributed by atoms with van der Waals surface area (Å²) < 4.78 is 11.5. The molecular formula is C16H15N3O3. The number of nitrogens with zero attached hydrogens (tertiary/aromatic N) is 1. The van der Waals surface area contributed by atoms with Gasteiger partial charge in [-0.2, -0.15) is 0 Å². The summed E-state index contributed by atoms with van der Waals surface area (Å²) in [6.45, 7) is 1.23. The van der Waals surface area contributed by atoms with Gasteiger partial charge in [-0.1, -0.05) is 12.1 Å². The molecule has 1 atom stereocenters. The number of carbonyl (C=O) groups excluding carboxylic acids is 1. The van der Waals surface area contributed by atoms with Gasteiger partial charge in [0.2, 0.25) is 0 Å². The highest BCUT2D eigenvalue weighted by Gasteiger charge is 2.28. The van der Waals surface area contributed by atoms with Crippen LogP contribution in [0.25, 0.3) is 0 Å². The van der Waals surface area contributed by atoms with E-state index < -0.39 is 6.17 Å². The Morgan fingerprint density at radius 2 is 2.00 bits per heavy atom. The number of nitrogens with one attached hydrogen (secondary N) is 2. The van der Waals surface area contributed by atoms with Gasteiger partial charge in [0, 0.05) is 18.2 Å². The van der Waals surface area contributed by atoms with Crippen molar-refractivity contribution in [1.29, 1.82) is 0 Å². The number of anilines is 1. The molecule has 112 valence electrons. The van der Waals surface area contributed by atoms with Crippen molar-refractivity contribution in [2.24, 2.45) is 0 Å². The SMILES string of the molecule is O=C1N[C@@H](c2cccc3c2OCCCO3)Nc2ncccc21. The van der Waals surface area contributed by atoms with Crippen molar-refractivity contribution in [3.8, 4) is 11.5 Å². The highest BCUT2D eigenvalue weighted by Crippen LogP contribution is 2.38. The summed E-state index contributed by atoms with van der Waals surface area (Å²) in [5, 5.41) is 6.17. The Kier molecular flexibility index (Phi) is 3.07. The molecule has 0 unspecified atom stereocenters. The van der Waals surface area contributed by atoms with Crippen LogP contribution in [0.5, 0.6) is 11.5 Å². The maximum atomic E-state index is 12.2. The van der Waals surface area contributed by atoms with Crippen molar-refractivity contribution in [1.82, 2.24) is 10.3 Å². The minimum Gasteiger partial charge on any atom is -0.490 e. The van der Waals surface area contributed by atoms with Crippen LogP contribution in [0.3, 0.4) is 0 Å². The second-order valence-corrected chi connectivity index (χ2v) is 5.18. The third kappa shape index (κ3) is 2.13. The van der Waals surface area contributed by atoms with Gasteiger partial charge < -0.3 is 20.1 Å². The number of hydrogen-bond acceptors (Lipinski definition) is 5. The van der Waals surface area contributed by atoms with Crippen molar-refractivity contribution >= 4 is 11.7 Å². The smallest absolute Gasteiger partial charge is 0.256 e. The van der Waals surface area contributed by atoms with Gasteiger partial charge in [-0.3, -0.25) is 4.79 Å². The Morgan fingerprint density at radius 3 is 2.95 bits per heavy atom. The maximum absolute atomic E-state index is 12.2. The summed E-state index contributed by atoms with van der Waals surface area (Å²) in [5.41, 5.74) is 1.38. The van der Waals surface area contributed by atoms with Crippen LogP contribution in [0, 0.1) is 0 Å². The number of carbonyl (C=O) groups is 1. The normalized spacial score (nSPS) is 19.5. The summed E-state index contributed by atoms with van der Waals surface area (Å²) in [6, 6.07) is 9.17. The van der Waals surface area contributed by atoms with E-state index in [1.165, 1.54) is 0 Å². The molecule has 6 heteroatoms. The van der Waals surface area contributed by atoms with Gasteiger partial charge in [-0.05, 0) is 18.2 Å². The molecule has 1 aromatic carbocycles. The fourth-order valence-electron chi connectivity index (χ4n) is 2.68. The second-order valence-electron chi connectivity index (χ2n) is 5.18. The molecule has 1 amide bonds. The van der Waals surface area contributed by atoms with Crippen molar-refractivity contribution < 1.29 is 14.3 Å².